The minimum Gasteiger partial charge on any atom is -0.340 e. The first-order chi connectivity index (χ1) is 14.4. The third-order valence-corrected chi connectivity index (χ3v) is 7.43. The second kappa shape index (κ2) is 8.38. The molecule has 0 aliphatic carbocycles. The van der Waals surface area contributed by atoms with Crippen molar-refractivity contribution in [1.29, 1.82) is 0 Å². The molecular formula is C20H22F2N4O3S. The van der Waals surface area contributed by atoms with Gasteiger partial charge in [-0.2, -0.15) is 4.31 Å². The van der Waals surface area contributed by atoms with Gasteiger partial charge in [0, 0.05) is 32.7 Å². The molecule has 160 valence electrons. The zero-order valence-corrected chi connectivity index (χ0v) is 16.9. The molecule has 2 aliphatic rings. The Hall–Kier alpha value is -2.40. The summed E-state index contributed by atoms with van der Waals surface area (Å²) in [7, 11) is -3.96. The minimum absolute atomic E-state index is 0.0498. The van der Waals surface area contributed by atoms with Crippen LogP contribution >= 0.6 is 0 Å². The molecule has 2 aliphatic heterocycles. The average Bonchev–Trinajstić information content (AvgIpc) is 3.25. The summed E-state index contributed by atoms with van der Waals surface area (Å²) in [4.78, 5) is 14.4. The highest BCUT2D eigenvalue weighted by Crippen LogP contribution is 2.27. The van der Waals surface area contributed by atoms with Crippen molar-refractivity contribution >= 4 is 15.9 Å². The molecule has 0 saturated carbocycles. The van der Waals surface area contributed by atoms with Crippen LogP contribution in [0.4, 0.5) is 8.78 Å². The maximum absolute atomic E-state index is 13.5. The second-order valence-corrected chi connectivity index (χ2v) is 9.26. The lowest BCUT2D eigenvalue weighted by molar-refractivity contribution is -0.136. The van der Waals surface area contributed by atoms with Crippen molar-refractivity contribution in [3.63, 3.8) is 0 Å². The van der Waals surface area contributed by atoms with E-state index < -0.39 is 21.7 Å². The van der Waals surface area contributed by atoms with Gasteiger partial charge in [-0.05, 0) is 23.8 Å². The fourth-order valence-electron chi connectivity index (χ4n) is 3.87. The van der Waals surface area contributed by atoms with Crippen molar-refractivity contribution in [2.45, 2.75) is 10.9 Å². The van der Waals surface area contributed by atoms with E-state index in [1.54, 1.807) is 4.90 Å². The Kier molecular flexibility index (Phi) is 5.83. The largest absolute Gasteiger partial charge is 0.340 e. The van der Waals surface area contributed by atoms with Gasteiger partial charge in [0.2, 0.25) is 15.9 Å². The summed E-state index contributed by atoms with van der Waals surface area (Å²) in [5.74, 6) is -2.66. The van der Waals surface area contributed by atoms with Gasteiger partial charge < -0.3 is 4.90 Å². The van der Waals surface area contributed by atoms with E-state index in [-0.39, 0.29) is 48.9 Å². The number of piperazine rings is 1. The first-order valence-electron chi connectivity index (χ1n) is 9.65. The molecule has 2 aromatic rings. The SMILES string of the molecule is O=C(C1CNNC1c1ccccc1)N1CCN(S(=O)(=O)c2ccc(F)c(F)c2)CC1. The normalized spacial score (nSPS) is 22.9. The number of carbonyl (C=O) groups excluding carboxylic acids is 1. The molecular weight excluding hydrogens is 414 g/mol. The zero-order valence-electron chi connectivity index (χ0n) is 16.1. The van der Waals surface area contributed by atoms with Crippen molar-refractivity contribution < 1.29 is 22.0 Å². The van der Waals surface area contributed by atoms with Crippen LogP contribution in [0.2, 0.25) is 0 Å². The van der Waals surface area contributed by atoms with Crippen LogP contribution in [0.25, 0.3) is 0 Å². The topological polar surface area (TPSA) is 81.8 Å². The predicted octanol–water partition coefficient (Wildman–Crippen LogP) is 1.26. The lowest BCUT2D eigenvalue weighted by Crippen LogP contribution is -2.52. The zero-order chi connectivity index (χ0) is 21.3. The predicted molar refractivity (Wildman–Crippen MR) is 106 cm³/mol. The van der Waals surface area contributed by atoms with Crippen LogP contribution in [0.15, 0.2) is 53.4 Å². The third kappa shape index (κ3) is 3.95. The van der Waals surface area contributed by atoms with Gasteiger partial charge in [-0.1, -0.05) is 30.3 Å². The molecule has 4 rings (SSSR count). The molecule has 0 aromatic heterocycles. The molecule has 1 amide bonds. The number of nitrogens with zero attached hydrogens (tertiary/aromatic N) is 2. The average molecular weight is 436 g/mol. The van der Waals surface area contributed by atoms with Crippen molar-refractivity contribution in [1.82, 2.24) is 20.1 Å². The lowest BCUT2D eigenvalue weighted by Gasteiger charge is -2.36. The summed E-state index contributed by atoms with van der Waals surface area (Å²) in [5, 5.41) is 0. The number of hydrazine groups is 1. The van der Waals surface area contributed by atoms with Crippen molar-refractivity contribution in [2.75, 3.05) is 32.7 Å². The first-order valence-corrected chi connectivity index (χ1v) is 11.1. The number of carbonyl (C=O) groups is 1. The molecule has 10 heteroatoms. The second-order valence-electron chi connectivity index (χ2n) is 7.33. The summed E-state index contributed by atoms with van der Waals surface area (Å²) in [6.45, 7) is 1.14. The van der Waals surface area contributed by atoms with Gasteiger partial charge >= 0.3 is 0 Å². The molecule has 30 heavy (non-hydrogen) atoms. The van der Waals surface area contributed by atoms with Gasteiger partial charge in [0.05, 0.1) is 16.9 Å². The Balaban J connectivity index is 1.42. The number of nitrogens with one attached hydrogen (secondary N) is 2. The Morgan fingerprint density at radius 3 is 2.33 bits per heavy atom. The fourth-order valence-corrected chi connectivity index (χ4v) is 5.31. The number of rotatable bonds is 4. The standard InChI is InChI=1S/C20H22F2N4O3S/c21-17-7-6-15(12-18(17)22)30(28,29)26-10-8-25(9-11-26)20(27)16-13-23-24-19(16)14-4-2-1-3-5-14/h1-7,12,16,19,23-24H,8-11,13H2. The van der Waals surface area contributed by atoms with E-state index in [1.807, 2.05) is 30.3 Å². The quantitative estimate of drug-likeness (QED) is 0.754. The van der Waals surface area contributed by atoms with Crippen molar-refractivity contribution in [2.24, 2.45) is 5.92 Å². The summed E-state index contributed by atoms with van der Waals surface area (Å²) in [6, 6.07) is 12.0. The number of halogens is 2. The molecule has 7 nitrogen and oxygen atoms in total. The fraction of sp³-hybridized carbons (Fsp3) is 0.350. The third-order valence-electron chi connectivity index (χ3n) is 5.54. The molecule has 0 spiro atoms. The Bertz CT molecular complexity index is 1030. The van der Waals surface area contributed by atoms with Gasteiger partial charge in [0.1, 0.15) is 0 Å². The molecule has 2 N–H and O–H groups in total. The summed E-state index contributed by atoms with van der Waals surface area (Å²) < 4.78 is 53.3. The molecule has 2 aromatic carbocycles. The first kappa shape index (κ1) is 20.9. The summed E-state index contributed by atoms with van der Waals surface area (Å²) in [6.07, 6.45) is 0. The number of sulfonamides is 1. The van der Waals surface area contributed by atoms with E-state index >= 15 is 0 Å². The molecule has 2 fully saturated rings. The van der Waals surface area contributed by atoms with Gasteiger partial charge in [-0.3, -0.25) is 10.2 Å². The Labute approximate surface area is 173 Å². The van der Waals surface area contributed by atoms with E-state index in [4.69, 9.17) is 0 Å². The van der Waals surface area contributed by atoms with Crippen LogP contribution in [-0.2, 0) is 14.8 Å². The van der Waals surface area contributed by atoms with E-state index in [9.17, 15) is 22.0 Å². The van der Waals surface area contributed by atoms with Crippen LogP contribution in [0.3, 0.4) is 0 Å². The smallest absolute Gasteiger partial charge is 0.243 e. The monoisotopic (exact) mass is 436 g/mol. The van der Waals surface area contributed by atoms with E-state index in [2.05, 4.69) is 10.9 Å². The van der Waals surface area contributed by atoms with Crippen molar-refractivity contribution in [3.8, 4) is 0 Å². The number of hydrogen-bond acceptors (Lipinski definition) is 5. The highest BCUT2D eigenvalue weighted by Gasteiger charge is 2.38. The van der Waals surface area contributed by atoms with Crippen LogP contribution in [-0.4, -0.2) is 56.3 Å². The molecule has 2 heterocycles. The van der Waals surface area contributed by atoms with Crippen LogP contribution in [0.1, 0.15) is 11.6 Å². The Morgan fingerprint density at radius 1 is 0.967 bits per heavy atom. The maximum atomic E-state index is 13.5. The van der Waals surface area contributed by atoms with E-state index in [0.29, 0.717) is 12.6 Å². The van der Waals surface area contributed by atoms with Gasteiger partial charge in [-0.25, -0.2) is 22.6 Å². The number of hydrogen-bond donors (Lipinski definition) is 2. The van der Waals surface area contributed by atoms with E-state index in [0.717, 1.165) is 17.7 Å². The highest BCUT2D eigenvalue weighted by molar-refractivity contribution is 7.89. The molecule has 2 atom stereocenters. The van der Waals surface area contributed by atoms with Crippen LogP contribution in [0.5, 0.6) is 0 Å². The molecule has 2 unspecified atom stereocenters. The van der Waals surface area contributed by atoms with E-state index in [1.165, 1.54) is 4.31 Å². The lowest BCUT2D eigenvalue weighted by atomic mass is 9.93. The molecule has 0 radical (unpaired) electrons. The number of amides is 1. The van der Waals surface area contributed by atoms with Crippen LogP contribution in [0, 0.1) is 17.6 Å². The highest BCUT2D eigenvalue weighted by atomic mass is 32.2. The summed E-state index contributed by atoms with van der Waals surface area (Å²) >= 11 is 0. The van der Waals surface area contributed by atoms with Gasteiger partial charge in [0.15, 0.2) is 11.6 Å². The van der Waals surface area contributed by atoms with Crippen LogP contribution < -0.4 is 10.9 Å². The summed E-state index contributed by atoms with van der Waals surface area (Å²) in [5.41, 5.74) is 7.17. The van der Waals surface area contributed by atoms with Gasteiger partial charge in [0.25, 0.3) is 0 Å². The number of benzene rings is 2. The maximum Gasteiger partial charge on any atom is 0.243 e. The molecule has 0 bridgehead atoms. The van der Waals surface area contributed by atoms with Gasteiger partial charge in [-0.15, -0.1) is 0 Å². The molecule has 2 saturated heterocycles. The Morgan fingerprint density at radius 2 is 1.67 bits per heavy atom. The van der Waals surface area contributed by atoms with Crippen molar-refractivity contribution in [3.05, 3.63) is 65.7 Å². The minimum atomic E-state index is -3.96.